The van der Waals surface area contributed by atoms with Crippen molar-refractivity contribution < 1.29 is 9.21 Å². The molecule has 72 valence electrons. The fourth-order valence-corrected chi connectivity index (χ4v) is 1.94. The number of hydrogen-bond acceptors (Lipinski definition) is 3. The van der Waals surface area contributed by atoms with Crippen LogP contribution in [0.4, 0.5) is 0 Å². The van der Waals surface area contributed by atoms with Crippen LogP contribution in [0.1, 0.15) is 41.9 Å². The van der Waals surface area contributed by atoms with Crippen LogP contribution in [-0.4, -0.2) is 5.78 Å². The molecule has 0 bridgehead atoms. The number of nitrogens with zero attached hydrogens (tertiary/aromatic N) is 1. The van der Waals surface area contributed by atoms with Crippen LogP contribution in [0.25, 0.3) is 0 Å². The summed E-state index contributed by atoms with van der Waals surface area (Å²) in [5.41, 5.74) is 0.835. The van der Waals surface area contributed by atoms with Gasteiger partial charge in [0.05, 0.1) is 5.56 Å². The summed E-state index contributed by atoms with van der Waals surface area (Å²) >= 11 is 0. The van der Waals surface area contributed by atoms with Crippen LogP contribution in [0.3, 0.4) is 0 Å². The number of Topliss-reactive ketones (excluding diaryl/α,β-unsaturated/α-hetero) is 1. The Hall–Kier alpha value is -1.56. The Labute approximate surface area is 82.3 Å². The Morgan fingerprint density at radius 1 is 1.50 bits per heavy atom. The second kappa shape index (κ2) is 2.71. The fraction of sp³-hybridized carbons (Fsp3) is 0.455. The molecule has 0 radical (unpaired) electrons. The third-order valence-electron chi connectivity index (χ3n) is 2.54. The van der Waals surface area contributed by atoms with E-state index in [0.717, 1.165) is 6.42 Å². The Kier molecular flexibility index (Phi) is 1.75. The molecule has 0 amide bonds. The average Bonchev–Trinajstić information content (AvgIpc) is 2.44. The first-order chi connectivity index (χ1) is 6.53. The number of nitriles is 1. The lowest BCUT2D eigenvalue weighted by molar-refractivity contribution is 0.0903. The highest BCUT2D eigenvalue weighted by molar-refractivity contribution is 6.00. The van der Waals surface area contributed by atoms with Crippen molar-refractivity contribution in [1.29, 1.82) is 5.26 Å². The molecule has 0 spiro atoms. The van der Waals surface area contributed by atoms with Gasteiger partial charge in [-0.15, -0.1) is 0 Å². The van der Waals surface area contributed by atoms with E-state index < -0.39 is 0 Å². The van der Waals surface area contributed by atoms with E-state index in [4.69, 9.17) is 9.68 Å². The average molecular weight is 189 g/mol. The van der Waals surface area contributed by atoms with Gasteiger partial charge in [-0.2, -0.15) is 5.26 Å². The molecule has 0 unspecified atom stereocenters. The minimum atomic E-state index is -0.0470. The van der Waals surface area contributed by atoms with E-state index in [1.165, 1.54) is 6.26 Å². The second-order valence-electron chi connectivity index (χ2n) is 4.50. The minimum absolute atomic E-state index is 0.0292. The third kappa shape index (κ3) is 1.24. The Morgan fingerprint density at radius 2 is 2.21 bits per heavy atom. The predicted molar refractivity (Wildman–Crippen MR) is 49.9 cm³/mol. The van der Waals surface area contributed by atoms with Crippen LogP contribution in [-0.2, 0) is 6.42 Å². The number of carbonyl (C=O) groups excluding carboxylic acids is 1. The lowest BCUT2D eigenvalue weighted by Crippen LogP contribution is -2.26. The van der Waals surface area contributed by atoms with Gasteiger partial charge in [0.2, 0.25) is 0 Å². The lowest BCUT2D eigenvalue weighted by Gasteiger charge is -2.27. The monoisotopic (exact) mass is 189 g/mol. The number of rotatable bonds is 0. The van der Waals surface area contributed by atoms with Crippen molar-refractivity contribution in [3.8, 4) is 6.07 Å². The van der Waals surface area contributed by atoms with E-state index in [9.17, 15) is 4.79 Å². The van der Waals surface area contributed by atoms with Gasteiger partial charge in [0.25, 0.3) is 0 Å². The van der Waals surface area contributed by atoms with Gasteiger partial charge in [0.15, 0.2) is 5.78 Å². The summed E-state index contributed by atoms with van der Waals surface area (Å²) in [5, 5.41) is 8.77. The molecule has 0 aliphatic heterocycles. The molecule has 1 heterocycles. The number of fused-ring (bicyclic) bond motifs is 1. The molecule has 1 aliphatic carbocycles. The number of hydrogen-bond donors (Lipinski definition) is 0. The third-order valence-corrected chi connectivity index (χ3v) is 2.54. The lowest BCUT2D eigenvalue weighted by atomic mass is 9.76. The predicted octanol–water partition coefficient (Wildman–Crippen LogP) is 2.31. The minimum Gasteiger partial charge on any atom is -0.467 e. The topological polar surface area (TPSA) is 54.0 Å². The van der Waals surface area contributed by atoms with Gasteiger partial charge in [-0.1, -0.05) is 13.8 Å². The van der Waals surface area contributed by atoms with Gasteiger partial charge in [0, 0.05) is 12.8 Å². The summed E-state index contributed by atoms with van der Waals surface area (Å²) in [6.45, 7) is 4.06. The Bertz CT molecular complexity index is 435. The van der Waals surface area contributed by atoms with Crippen LogP contribution in [0.15, 0.2) is 10.7 Å². The van der Waals surface area contributed by atoms with Crippen LogP contribution in [0, 0.1) is 16.7 Å². The van der Waals surface area contributed by atoms with Gasteiger partial charge < -0.3 is 4.42 Å². The molecule has 3 heteroatoms. The molecule has 1 aromatic rings. The molecular formula is C11H11NO2. The maximum absolute atomic E-state index is 11.7. The van der Waals surface area contributed by atoms with Crippen LogP contribution in [0.5, 0.6) is 0 Å². The van der Waals surface area contributed by atoms with E-state index >= 15 is 0 Å². The van der Waals surface area contributed by atoms with E-state index in [1.54, 1.807) is 0 Å². The SMILES string of the molecule is CC1(C)CC(=O)c2c(C#N)coc2C1. The first kappa shape index (κ1) is 9.01. The van der Waals surface area contributed by atoms with Crippen LogP contribution >= 0.6 is 0 Å². The maximum atomic E-state index is 11.7. The standard InChI is InChI=1S/C11H11NO2/c1-11(2)3-8(13)10-7(5-12)6-14-9(10)4-11/h6H,3-4H2,1-2H3. The Morgan fingerprint density at radius 3 is 2.86 bits per heavy atom. The highest BCUT2D eigenvalue weighted by atomic mass is 16.3. The van der Waals surface area contributed by atoms with Crippen molar-refractivity contribution >= 4 is 5.78 Å². The molecule has 2 rings (SSSR count). The molecule has 0 fully saturated rings. The normalized spacial score (nSPS) is 18.8. The van der Waals surface area contributed by atoms with Crippen molar-refractivity contribution in [3.05, 3.63) is 23.2 Å². The fourth-order valence-electron chi connectivity index (χ4n) is 1.94. The number of furan rings is 1. The summed E-state index contributed by atoms with van der Waals surface area (Å²) in [4.78, 5) is 11.7. The van der Waals surface area contributed by atoms with Crippen molar-refractivity contribution in [1.82, 2.24) is 0 Å². The van der Waals surface area contributed by atoms with E-state index in [0.29, 0.717) is 23.3 Å². The Balaban J connectivity index is 2.54. The maximum Gasteiger partial charge on any atom is 0.168 e. The van der Waals surface area contributed by atoms with Gasteiger partial charge >= 0.3 is 0 Å². The summed E-state index contributed by atoms with van der Waals surface area (Å²) in [5.74, 6) is 0.698. The van der Waals surface area contributed by atoms with Gasteiger partial charge in [-0.05, 0) is 5.41 Å². The number of ketones is 1. The summed E-state index contributed by atoms with van der Waals surface area (Å²) in [6, 6.07) is 1.98. The molecule has 1 aliphatic rings. The second-order valence-corrected chi connectivity index (χ2v) is 4.50. The molecule has 0 aromatic carbocycles. The van der Waals surface area contributed by atoms with Crippen molar-refractivity contribution in [2.45, 2.75) is 26.7 Å². The molecule has 1 aromatic heterocycles. The summed E-state index contributed by atoms with van der Waals surface area (Å²) in [6.07, 6.45) is 2.61. The summed E-state index contributed by atoms with van der Waals surface area (Å²) < 4.78 is 5.24. The van der Waals surface area contributed by atoms with Gasteiger partial charge in [-0.3, -0.25) is 4.79 Å². The van der Waals surface area contributed by atoms with E-state index in [2.05, 4.69) is 0 Å². The molecular weight excluding hydrogens is 178 g/mol. The van der Waals surface area contributed by atoms with Crippen LogP contribution in [0.2, 0.25) is 0 Å². The quantitative estimate of drug-likeness (QED) is 0.629. The summed E-state index contributed by atoms with van der Waals surface area (Å²) in [7, 11) is 0. The van der Waals surface area contributed by atoms with Gasteiger partial charge in [-0.25, -0.2) is 0 Å². The zero-order valence-electron chi connectivity index (χ0n) is 8.26. The smallest absolute Gasteiger partial charge is 0.168 e. The molecule has 3 nitrogen and oxygen atoms in total. The zero-order chi connectivity index (χ0) is 10.3. The van der Waals surface area contributed by atoms with Gasteiger partial charge in [0.1, 0.15) is 23.7 Å². The highest BCUT2D eigenvalue weighted by Gasteiger charge is 2.35. The first-order valence-electron chi connectivity index (χ1n) is 4.57. The first-order valence-corrected chi connectivity index (χ1v) is 4.57. The molecule has 0 atom stereocenters. The van der Waals surface area contributed by atoms with Crippen molar-refractivity contribution in [2.24, 2.45) is 5.41 Å². The molecule has 0 N–H and O–H groups in total. The largest absolute Gasteiger partial charge is 0.467 e. The van der Waals surface area contributed by atoms with Crippen molar-refractivity contribution in [3.63, 3.8) is 0 Å². The molecule has 0 saturated carbocycles. The van der Waals surface area contributed by atoms with Crippen molar-refractivity contribution in [2.75, 3.05) is 0 Å². The highest BCUT2D eigenvalue weighted by Crippen LogP contribution is 2.36. The molecule has 0 saturated heterocycles. The van der Waals surface area contributed by atoms with E-state index in [-0.39, 0.29) is 11.2 Å². The van der Waals surface area contributed by atoms with Crippen LogP contribution < -0.4 is 0 Å². The number of carbonyl (C=O) groups is 1. The zero-order valence-corrected chi connectivity index (χ0v) is 8.26. The van der Waals surface area contributed by atoms with E-state index in [1.807, 2.05) is 19.9 Å². The molecule has 14 heavy (non-hydrogen) atoms.